The molecule has 1 aromatic carbocycles. The van der Waals surface area contributed by atoms with E-state index in [-0.39, 0.29) is 17.9 Å². The van der Waals surface area contributed by atoms with Crippen LogP contribution in [-0.2, 0) is 11.3 Å². The molecule has 1 aromatic rings. The van der Waals surface area contributed by atoms with Crippen molar-refractivity contribution in [2.75, 3.05) is 46.9 Å². The van der Waals surface area contributed by atoms with Gasteiger partial charge in [-0.15, -0.1) is 0 Å². The van der Waals surface area contributed by atoms with E-state index in [1.54, 1.807) is 6.08 Å². The number of hydrogen-bond acceptors (Lipinski definition) is 5. The first-order valence-corrected chi connectivity index (χ1v) is 12.6. The van der Waals surface area contributed by atoms with Crippen LogP contribution in [-0.4, -0.2) is 79.1 Å². The number of carbonyl (C=O) groups is 2. The molecule has 1 atom stereocenters. The average molecular weight is 471 g/mol. The minimum Gasteiger partial charge on any atom is -0.489 e. The quantitative estimate of drug-likeness (QED) is 0.372. The fraction of sp³-hybridized carbons (Fsp3) is 0.630. The normalized spacial score (nSPS) is 22.0. The lowest BCUT2D eigenvalue weighted by atomic mass is 9.73. The Hall–Kier alpha value is -2.38. The molecule has 0 spiro atoms. The first kappa shape index (κ1) is 26.2. The van der Waals surface area contributed by atoms with Crippen LogP contribution < -0.4 is 10.1 Å². The van der Waals surface area contributed by atoms with Crippen LogP contribution in [0.15, 0.2) is 36.9 Å². The van der Waals surface area contributed by atoms with Crippen LogP contribution in [0.25, 0.3) is 0 Å². The zero-order valence-corrected chi connectivity index (χ0v) is 21.4. The molecule has 1 unspecified atom stereocenters. The summed E-state index contributed by atoms with van der Waals surface area (Å²) >= 11 is 0. The molecular formula is C27H42N4O3. The first-order chi connectivity index (χ1) is 16.3. The molecule has 0 bridgehead atoms. The van der Waals surface area contributed by atoms with Crippen molar-refractivity contribution in [1.82, 2.24) is 20.0 Å². The molecule has 2 aliphatic heterocycles. The van der Waals surface area contributed by atoms with Crippen LogP contribution in [0.2, 0.25) is 0 Å². The topological polar surface area (TPSA) is 65.1 Å². The Balaban J connectivity index is 1.69. The fourth-order valence-electron chi connectivity index (χ4n) is 5.06. The molecule has 0 radical (unpaired) electrons. The van der Waals surface area contributed by atoms with E-state index in [0.29, 0.717) is 32.0 Å². The number of urea groups is 1. The van der Waals surface area contributed by atoms with E-state index in [4.69, 9.17) is 4.74 Å². The minimum absolute atomic E-state index is 0.0263. The number of benzene rings is 1. The van der Waals surface area contributed by atoms with Gasteiger partial charge in [0.2, 0.25) is 0 Å². The number of para-hydroxylation sites is 1. The molecule has 188 valence electrons. The van der Waals surface area contributed by atoms with Crippen molar-refractivity contribution in [3.8, 4) is 5.75 Å². The number of rotatable bonds is 12. The molecule has 3 rings (SSSR count). The second-order valence-electron chi connectivity index (χ2n) is 10.4. The highest BCUT2D eigenvalue weighted by Crippen LogP contribution is 2.38. The van der Waals surface area contributed by atoms with Gasteiger partial charge in [0.05, 0.1) is 0 Å². The van der Waals surface area contributed by atoms with Crippen molar-refractivity contribution in [1.29, 1.82) is 0 Å². The smallest absolute Gasteiger partial charge is 0.325 e. The minimum atomic E-state index is -0.773. The summed E-state index contributed by atoms with van der Waals surface area (Å²) in [4.78, 5) is 32.4. The Labute approximate surface area is 205 Å². The van der Waals surface area contributed by atoms with Crippen LogP contribution in [0, 0.1) is 11.8 Å². The maximum atomic E-state index is 13.7. The first-order valence-electron chi connectivity index (χ1n) is 12.6. The molecule has 0 aromatic heterocycles. The number of nitrogens with one attached hydrogen (secondary N) is 1. The lowest BCUT2D eigenvalue weighted by molar-refractivity contribution is -0.134. The Kier molecular flexibility index (Phi) is 9.14. The second kappa shape index (κ2) is 11.8. The van der Waals surface area contributed by atoms with Gasteiger partial charge >= 0.3 is 6.03 Å². The van der Waals surface area contributed by atoms with Gasteiger partial charge in [-0.2, -0.15) is 0 Å². The van der Waals surface area contributed by atoms with Crippen molar-refractivity contribution in [2.24, 2.45) is 11.8 Å². The molecule has 2 fully saturated rings. The summed E-state index contributed by atoms with van der Waals surface area (Å²) in [6, 6.07) is 7.91. The molecule has 0 aliphatic carbocycles. The summed E-state index contributed by atoms with van der Waals surface area (Å²) < 4.78 is 5.83. The lowest BCUT2D eigenvalue weighted by Crippen LogP contribution is -2.56. The summed E-state index contributed by atoms with van der Waals surface area (Å²) in [5.74, 6) is 1.49. The standard InChI is InChI=1S/C27H42N4O3/c1-6-19-34-24-10-8-7-9-22(24)20-30-15-12-23(13-16-30)27(14-11-21(2)3)25(32)31(26(33)28-27)18-17-29(4)5/h6-10,21,23H,1,11-20H2,2-5H3,(H,28,33). The van der Waals surface area contributed by atoms with Crippen molar-refractivity contribution < 1.29 is 14.3 Å². The number of carbonyl (C=O) groups excluding carboxylic acids is 2. The van der Waals surface area contributed by atoms with E-state index >= 15 is 0 Å². The monoisotopic (exact) mass is 470 g/mol. The van der Waals surface area contributed by atoms with E-state index in [9.17, 15) is 9.59 Å². The molecule has 1 N–H and O–H groups in total. The Bertz CT molecular complexity index is 848. The van der Waals surface area contributed by atoms with Crippen molar-refractivity contribution >= 4 is 11.9 Å². The highest BCUT2D eigenvalue weighted by molar-refractivity contribution is 6.07. The van der Waals surface area contributed by atoms with Gasteiger partial charge in [0.15, 0.2) is 0 Å². The number of likely N-dealkylation sites (tertiary alicyclic amines) is 1. The summed E-state index contributed by atoms with van der Waals surface area (Å²) in [5.41, 5.74) is 0.391. The number of amides is 3. The van der Waals surface area contributed by atoms with E-state index in [1.807, 2.05) is 37.2 Å². The molecule has 34 heavy (non-hydrogen) atoms. The number of likely N-dealkylation sites (N-methyl/N-ethyl adjacent to an activating group) is 1. The van der Waals surface area contributed by atoms with Gasteiger partial charge in [0.1, 0.15) is 17.9 Å². The maximum Gasteiger partial charge on any atom is 0.325 e. The Morgan fingerprint density at radius 2 is 1.94 bits per heavy atom. The van der Waals surface area contributed by atoms with Gasteiger partial charge in [-0.25, -0.2) is 4.79 Å². The maximum absolute atomic E-state index is 13.7. The average Bonchev–Trinajstić information content (AvgIpc) is 3.06. The van der Waals surface area contributed by atoms with Gasteiger partial charge in [0.25, 0.3) is 5.91 Å². The molecular weight excluding hydrogens is 428 g/mol. The number of ether oxygens (including phenoxy) is 1. The van der Waals surface area contributed by atoms with Gasteiger partial charge in [-0.05, 0) is 70.8 Å². The molecule has 0 saturated carbocycles. The predicted octanol–water partition coefficient (Wildman–Crippen LogP) is 3.75. The predicted molar refractivity (Wildman–Crippen MR) is 136 cm³/mol. The van der Waals surface area contributed by atoms with Crippen LogP contribution in [0.4, 0.5) is 4.79 Å². The Morgan fingerprint density at radius 1 is 1.24 bits per heavy atom. The molecule has 2 aliphatic rings. The van der Waals surface area contributed by atoms with Gasteiger partial charge < -0.3 is 15.0 Å². The van der Waals surface area contributed by atoms with Gasteiger partial charge in [0, 0.05) is 25.2 Å². The third-order valence-corrected chi connectivity index (χ3v) is 7.10. The van der Waals surface area contributed by atoms with Crippen LogP contribution in [0.3, 0.4) is 0 Å². The van der Waals surface area contributed by atoms with Gasteiger partial charge in [-0.3, -0.25) is 14.6 Å². The summed E-state index contributed by atoms with van der Waals surface area (Å²) in [6.07, 6.45) is 5.16. The Morgan fingerprint density at radius 3 is 2.59 bits per heavy atom. The summed E-state index contributed by atoms with van der Waals surface area (Å²) in [7, 11) is 3.92. The van der Waals surface area contributed by atoms with E-state index < -0.39 is 5.54 Å². The van der Waals surface area contributed by atoms with Crippen molar-refractivity contribution in [3.05, 3.63) is 42.5 Å². The molecule has 3 amide bonds. The molecule has 2 heterocycles. The third kappa shape index (κ3) is 6.19. The van der Waals surface area contributed by atoms with Crippen LogP contribution >= 0.6 is 0 Å². The van der Waals surface area contributed by atoms with Crippen molar-refractivity contribution in [3.63, 3.8) is 0 Å². The number of hydrogen-bond donors (Lipinski definition) is 1. The van der Waals surface area contributed by atoms with Crippen LogP contribution in [0.1, 0.15) is 45.1 Å². The zero-order valence-electron chi connectivity index (χ0n) is 21.4. The third-order valence-electron chi connectivity index (χ3n) is 7.10. The van der Waals surface area contributed by atoms with E-state index in [2.05, 4.69) is 36.7 Å². The second-order valence-corrected chi connectivity index (χ2v) is 10.4. The number of nitrogens with zero attached hydrogens (tertiary/aromatic N) is 3. The van der Waals surface area contributed by atoms with Gasteiger partial charge in [-0.1, -0.05) is 44.7 Å². The highest BCUT2D eigenvalue weighted by Gasteiger charge is 2.55. The van der Waals surface area contributed by atoms with Crippen molar-refractivity contribution in [2.45, 2.75) is 51.6 Å². The lowest BCUT2D eigenvalue weighted by Gasteiger charge is -2.41. The summed E-state index contributed by atoms with van der Waals surface area (Å²) in [5, 5.41) is 3.18. The summed E-state index contributed by atoms with van der Waals surface area (Å²) in [6.45, 7) is 12.3. The molecule has 7 heteroatoms. The van der Waals surface area contributed by atoms with E-state index in [1.165, 1.54) is 4.90 Å². The highest BCUT2D eigenvalue weighted by atomic mass is 16.5. The largest absolute Gasteiger partial charge is 0.489 e. The molecule has 2 saturated heterocycles. The van der Waals surface area contributed by atoms with Crippen LogP contribution in [0.5, 0.6) is 5.75 Å². The van der Waals surface area contributed by atoms with E-state index in [0.717, 1.165) is 50.2 Å². The molecule has 7 nitrogen and oxygen atoms in total. The number of imide groups is 1. The zero-order chi connectivity index (χ0) is 24.7. The SMILES string of the molecule is C=CCOc1ccccc1CN1CCC(C2(CCC(C)C)NC(=O)N(CCN(C)C)C2=O)CC1. The fourth-order valence-corrected chi connectivity index (χ4v) is 5.06. The number of piperidine rings is 1.